The van der Waals surface area contributed by atoms with Crippen molar-refractivity contribution < 1.29 is 27.3 Å². The van der Waals surface area contributed by atoms with Crippen LogP contribution in [0.5, 0.6) is 0 Å². The number of pyridine rings is 2. The molecule has 273 valence electrons. The molecule has 0 unspecified atom stereocenters. The van der Waals surface area contributed by atoms with Gasteiger partial charge in [-0.2, -0.15) is 0 Å². The number of benzene rings is 4. The summed E-state index contributed by atoms with van der Waals surface area (Å²) in [6.45, 7) is 15.6. The monoisotopic (exact) mass is 893 g/mol. The Hall–Kier alpha value is -4.15. The minimum absolute atomic E-state index is 0. The van der Waals surface area contributed by atoms with Gasteiger partial charge in [-0.25, -0.2) is 0 Å². The van der Waals surface area contributed by atoms with Crippen LogP contribution in [0.25, 0.3) is 55.6 Å². The predicted molar refractivity (Wildman–Crippen MR) is 222 cm³/mol. The second-order valence-corrected chi connectivity index (χ2v) is 20.6. The Bertz CT molecular complexity index is 2410. The van der Waals surface area contributed by atoms with Crippen molar-refractivity contribution in [1.29, 1.82) is 0 Å². The minimum atomic E-state index is -1.38. The van der Waals surface area contributed by atoms with Crippen LogP contribution >= 0.6 is 0 Å². The molecule has 8 rings (SSSR count). The van der Waals surface area contributed by atoms with E-state index in [2.05, 4.69) is 112 Å². The van der Waals surface area contributed by atoms with Crippen molar-refractivity contribution in [3.63, 3.8) is 0 Å². The molecule has 1 aliphatic rings. The Labute approximate surface area is 333 Å². The first-order chi connectivity index (χ1) is 25.8. The van der Waals surface area contributed by atoms with Gasteiger partial charge >= 0.3 is 0 Å². The van der Waals surface area contributed by atoms with E-state index in [9.17, 15) is 0 Å². The van der Waals surface area contributed by atoms with Crippen LogP contribution in [-0.2, 0) is 26.5 Å². The normalized spacial score (nSPS) is 14.2. The second-order valence-electron chi connectivity index (χ2n) is 15.5. The summed E-state index contributed by atoms with van der Waals surface area (Å²) >= 11 is 0. The van der Waals surface area contributed by atoms with Crippen LogP contribution in [0, 0.1) is 45.7 Å². The number of aromatic nitrogens is 2. The van der Waals surface area contributed by atoms with Crippen LogP contribution < -0.4 is 5.19 Å². The smallest absolute Gasteiger partial charge is 0.121 e. The molecule has 0 bridgehead atoms. The molecule has 7 aromatic rings. The maximum atomic E-state index is 8.96. The van der Waals surface area contributed by atoms with E-state index < -0.39 is 14.4 Å². The molecular weight excluding hydrogens is 841 g/mol. The fourth-order valence-electron chi connectivity index (χ4n) is 7.74. The molecular formula is C48H50IrN2OSi-2. The molecule has 3 aromatic heterocycles. The predicted octanol–water partition coefficient (Wildman–Crippen LogP) is 12.6. The van der Waals surface area contributed by atoms with Gasteiger partial charge < -0.3 is 14.4 Å². The summed E-state index contributed by atoms with van der Waals surface area (Å²) in [7, 11) is -1.23. The zero-order valence-electron chi connectivity index (χ0n) is 34.0. The maximum absolute atomic E-state index is 8.96. The third kappa shape index (κ3) is 8.65. The van der Waals surface area contributed by atoms with Crippen molar-refractivity contribution in [3.8, 4) is 33.6 Å². The van der Waals surface area contributed by atoms with E-state index in [1.54, 1.807) is 6.20 Å². The van der Waals surface area contributed by atoms with Crippen LogP contribution in [0.2, 0.25) is 19.6 Å². The molecule has 0 saturated heterocycles. The van der Waals surface area contributed by atoms with Crippen molar-refractivity contribution in [2.45, 2.75) is 85.8 Å². The Morgan fingerprint density at radius 1 is 0.792 bits per heavy atom. The molecule has 4 aromatic carbocycles. The van der Waals surface area contributed by atoms with Crippen LogP contribution in [0.1, 0.15) is 62.7 Å². The first-order valence-electron chi connectivity index (χ1n) is 19.7. The molecule has 1 fully saturated rings. The van der Waals surface area contributed by atoms with Gasteiger partial charge in [0.2, 0.25) is 0 Å². The van der Waals surface area contributed by atoms with Crippen molar-refractivity contribution in [2.75, 3.05) is 0 Å². The quantitative estimate of drug-likeness (QED) is 0.123. The standard InChI is InChI=1S/C34H34NO.C14H16NSi.Ir/c1-21-15-22(2)32(23(3)16-21)27-17-24(4)33-29-12-8-11-28(34(29)36-31(33)20-27)30-19-26(13-14-35-30)18-25-9-6-5-7-10-25;1-16(2,3)13-9-10-14(15-11-13)12-7-5-4-6-8-12;/h8,12-17,19-20,25H,5-7,9-10,18H2,1-4H3;4-7,9-11H,1-3H3;/q2*-1;/i18D2;;. The molecule has 0 amide bonds. The van der Waals surface area contributed by atoms with Crippen molar-refractivity contribution in [3.05, 3.63) is 137 Å². The molecule has 53 heavy (non-hydrogen) atoms. The van der Waals surface area contributed by atoms with Gasteiger partial charge in [-0.05, 0) is 96.5 Å². The SMILES string of the molecule is C[Si](C)(C)c1ccc(-c2[c-]cccc2)nc1.[2H]C([2H])(c1ccnc(-c2[c-]ccc3c2oc2cc(-c4c(C)cc(C)cc4C)cc(C)c23)c1)C1CCCCC1.[Ir]. The average Bonchev–Trinajstić information content (AvgIpc) is 3.55. The van der Waals surface area contributed by atoms with Gasteiger partial charge in [-0.1, -0.05) is 110 Å². The second kappa shape index (κ2) is 16.5. The van der Waals surface area contributed by atoms with Crippen LogP contribution in [0.15, 0.2) is 102 Å². The van der Waals surface area contributed by atoms with E-state index in [-0.39, 0.29) is 26.0 Å². The number of furan rings is 1. The molecule has 3 heterocycles. The van der Waals surface area contributed by atoms with E-state index in [0.717, 1.165) is 70.0 Å². The third-order valence-electron chi connectivity index (χ3n) is 10.3. The van der Waals surface area contributed by atoms with Crippen LogP contribution in [-0.4, -0.2) is 18.0 Å². The number of aryl methyl sites for hydroxylation is 4. The Balaban J connectivity index is 0.000000254. The summed E-state index contributed by atoms with van der Waals surface area (Å²) in [6, 6.07) is 35.4. The zero-order chi connectivity index (χ0) is 38.2. The van der Waals surface area contributed by atoms with E-state index >= 15 is 0 Å². The maximum Gasteiger partial charge on any atom is 0.121 e. The number of rotatable bonds is 6. The van der Waals surface area contributed by atoms with Gasteiger partial charge in [0.15, 0.2) is 0 Å². The van der Waals surface area contributed by atoms with Gasteiger partial charge in [0.05, 0.1) is 13.7 Å². The topological polar surface area (TPSA) is 38.9 Å². The van der Waals surface area contributed by atoms with Crippen LogP contribution in [0.3, 0.4) is 0 Å². The molecule has 1 radical (unpaired) electrons. The summed E-state index contributed by atoms with van der Waals surface area (Å²) in [5.41, 5.74) is 13.2. The first kappa shape index (κ1) is 35.9. The number of hydrogen-bond donors (Lipinski definition) is 0. The van der Waals surface area contributed by atoms with E-state index in [0.29, 0.717) is 11.3 Å². The molecule has 1 aliphatic carbocycles. The first-order valence-corrected chi connectivity index (χ1v) is 22.2. The molecule has 0 spiro atoms. The zero-order valence-corrected chi connectivity index (χ0v) is 35.4. The van der Waals surface area contributed by atoms with E-state index in [1.807, 2.05) is 48.7 Å². The van der Waals surface area contributed by atoms with Gasteiger partial charge in [-0.3, -0.25) is 0 Å². The molecule has 0 N–H and O–H groups in total. The molecule has 0 aliphatic heterocycles. The molecule has 1 saturated carbocycles. The molecule has 3 nitrogen and oxygen atoms in total. The summed E-state index contributed by atoms with van der Waals surface area (Å²) in [6.07, 6.45) is 7.68. The number of hydrogen-bond acceptors (Lipinski definition) is 3. The largest absolute Gasteiger partial charge is 0.501 e. The summed E-state index contributed by atoms with van der Waals surface area (Å²) in [4.78, 5) is 9.17. The summed E-state index contributed by atoms with van der Waals surface area (Å²) in [5.74, 6) is 0.0484. The van der Waals surface area contributed by atoms with E-state index in [4.69, 9.17) is 7.16 Å². The van der Waals surface area contributed by atoms with E-state index in [1.165, 1.54) is 39.4 Å². The number of nitrogens with zero attached hydrogens (tertiary/aromatic N) is 2. The number of fused-ring (bicyclic) bond motifs is 3. The van der Waals surface area contributed by atoms with Crippen molar-refractivity contribution >= 4 is 35.2 Å². The van der Waals surface area contributed by atoms with Crippen molar-refractivity contribution in [2.24, 2.45) is 5.92 Å². The van der Waals surface area contributed by atoms with Crippen LogP contribution in [0.4, 0.5) is 0 Å². The minimum Gasteiger partial charge on any atom is -0.501 e. The average molecular weight is 893 g/mol. The Morgan fingerprint density at radius 3 is 2.25 bits per heavy atom. The Morgan fingerprint density at radius 2 is 1.57 bits per heavy atom. The van der Waals surface area contributed by atoms with Gasteiger partial charge in [0.1, 0.15) is 5.58 Å². The van der Waals surface area contributed by atoms with Gasteiger partial charge in [0, 0.05) is 40.6 Å². The fourth-order valence-corrected chi connectivity index (χ4v) is 8.77. The van der Waals surface area contributed by atoms with Crippen molar-refractivity contribution in [1.82, 2.24) is 9.97 Å². The van der Waals surface area contributed by atoms with Gasteiger partial charge in [0.25, 0.3) is 0 Å². The molecule has 5 heteroatoms. The summed E-state index contributed by atoms with van der Waals surface area (Å²) < 4.78 is 24.5. The van der Waals surface area contributed by atoms with Gasteiger partial charge in [-0.15, -0.1) is 54.1 Å². The summed E-state index contributed by atoms with van der Waals surface area (Å²) in [5, 5.41) is 3.54. The third-order valence-corrected chi connectivity index (χ3v) is 12.3. The molecule has 0 atom stereocenters. The Kier molecular flexibility index (Phi) is 11.1. The fraction of sp³-hybridized carbons (Fsp3) is 0.292.